The van der Waals surface area contributed by atoms with Gasteiger partial charge in [-0.2, -0.15) is 0 Å². The van der Waals surface area contributed by atoms with Crippen molar-refractivity contribution in [1.82, 2.24) is 0 Å². The molecular weight excluding hydrogens is 292 g/mol. The molecule has 2 nitrogen and oxygen atoms in total. The van der Waals surface area contributed by atoms with Crippen molar-refractivity contribution < 1.29 is 9.90 Å². The lowest BCUT2D eigenvalue weighted by atomic mass is 10.0. The Bertz CT molecular complexity index is 537. The van der Waals surface area contributed by atoms with Crippen molar-refractivity contribution in [1.29, 1.82) is 0 Å². The number of aromatic carboxylic acids is 1. The van der Waals surface area contributed by atoms with E-state index in [2.05, 4.69) is 28.1 Å². The van der Waals surface area contributed by atoms with Crippen molar-refractivity contribution in [2.45, 2.75) is 11.2 Å². The number of benzene rings is 2. The molecule has 2 aromatic rings. The summed E-state index contributed by atoms with van der Waals surface area (Å²) in [5.74, 6) is -0.886. The summed E-state index contributed by atoms with van der Waals surface area (Å²) in [6, 6.07) is 17.1. The number of rotatable bonds is 4. The molecule has 0 radical (unpaired) electrons. The summed E-state index contributed by atoms with van der Waals surface area (Å²) < 4.78 is 0. The van der Waals surface area contributed by atoms with Crippen molar-refractivity contribution in [3.05, 3.63) is 71.3 Å². The minimum atomic E-state index is -0.886. The van der Waals surface area contributed by atoms with Gasteiger partial charge in [-0.05, 0) is 29.7 Å². The minimum Gasteiger partial charge on any atom is -0.478 e. The molecule has 0 aliphatic carbocycles. The van der Waals surface area contributed by atoms with Gasteiger partial charge < -0.3 is 5.11 Å². The Morgan fingerprint density at radius 1 is 1.11 bits per heavy atom. The third kappa shape index (κ3) is 3.20. The standard InChI is InChI=1S/C15H13BrO2/c16-14(12-6-2-1-3-7-12)10-11-5-4-8-13(9-11)15(17)18/h1-9,14H,10H2,(H,17,18). The van der Waals surface area contributed by atoms with Crippen LogP contribution in [0.25, 0.3) is 0 Å². The second-order valence-electron chi connectivity index (χ2n) is 4.09. The Hall–Kier alpha value is -1.61. The van der Waals surface area contributed by atoms with Crippen LogP contribution in [0.1, 0.15) is 26.3 Å². The van der Waals surface area contributed by atoms with Crippen LogP contribution in [0.5, 0.6) is 0 Å². The molecule has 1 atom stereocenters. The van der Waals surface area contributed by atoms with Crippen LogP contribution < -0.4 is 0 Å². The molecule has 0 spiro atoms. The quantitative estimate of drug-likeness (QED) is 0.865. The molecule has 0 fully saturated rings. The lowest BCUT2D eigenvalue weighted by molar-refractivity contribution is 0.0697. The van der Waals surface area contributed by atoms with E-state index < -0.39 is 5.97 Å². The van der Waals surface area contributed by atoms with Crippen LogP contribution in [0.4, 0.5) is 0 Å². The van der Waals surface area contributed by atoms with E-state index in [4.69, 9.17) is 5.11 Å². The van der Waals surface area contributed by atoms with E-state index in [1.54, 1.807) is 18.2 Å². The molecule has 1 unspecified atom stereocenters. The Morgan fingerprint density at radius 2 is 1.83 bits per heavy atom. The molecule has 0 saturated heterocycles. The van der Waals surface area contributed by atoms with Crippen molar-refractivity contribution in [3.8, 4) is 0 Å². The average Bonchev–Trinajstić information content (AvgIpc) is 2.40. The van der Waals surface area contributed by atoms with Crippen molar-refractivity contribution >= 4 is 21.9 Å². The molecule has 92 valence electrons. The van der Waals surface area contributed by atoms with Gasteiger partial charge in [0.2, 0.25) is 0 Å². The zero-order valence-electron chi connectivity index (χ0n) is 9.71. The Kier molecular flexibility index (Phi) is 4.15. The SMILES string of the molecule is O=C(O)c1cccc(CC(Br)c2ccccc2)c1. The number of carboxylic acid groups (broad SMARTS) is 1. The Labute approximate surface area is 114 Å². The predicted octanol–water partition coefficient (Wildman–Crippen LogP) is 4.06. The highest BCUT2D eigenvalue weighted by Gasteiger charge is 2.09. The molecule has 0 aliphatic heterocycles. The zero-order chi connectivity index (χ0) is 13.0. The van der Waals surface area contributed by atoms with Crippen LogP contribution in [-0.2, 0) is 6.42 Å². The average molecular weight is 305 g/mol. The topological polar surface area (TPSA) is 37.3 Å². The van der Waals surface area contributed by atoms with Gasteiger partial charge in [0.15, 0.2) is 0 Å². The lowest BCUT2D eigenvalue weighted by Crippen LogP contribution is -1.99. The maximum Gasteiger partial charge on any atom is 0.335 e. The minimum absolute atomic E-state index is 0.197. The highest BCUT2D eigenvalue weighted by Crippen LogP contribution is 2.26. The van der Waals surface area contributed by atoms with Crippen molar-refractivity contribution in [2.24, 2.45) is 0 Å². The summed E-state index contributed by atoms with van der Waals surface area (Å²) in [6.07, 6.45) is 0.769. The van der Waals surface area contributed by atoms with Crippen LogP contribution >= 0.6 is 15.9 Å². The molecule has 2 aromatic carbocycles. The van der Waals surface area contributed by atoms with Gasteiger partial charge in [-0.25, -0.2) is 4.79 Å². The first-order valence-corrected chi connectivity index (χ1v) is 6.59. The largest absolute Gasteiger partial charge is 0.478 e. The van der Waals surface area contributed by atoms with E-state index in [0.29, 0.717) is 5.56 Å². The van der Waals surface area contributed by atoms with Gasteiger partial charge >= 0.3 is 5.97 Å². The van der Waals surface area contributed by atoms with Crippen LogP contribution in [0.3, 0.4) is 0 Å². The van der Waals surface area contributed by atoms with Gasteiger partial charge in [-0.3, -0.25) is 0 Å². The smallest absolute Gasteiger partial charge is 0.335 e. The van der Waals surface area contributed by atoms with Crippen LogP contribution in [0.15, 0.2) is 54.6 Å². The van der Waals surface area contributed by atoms with Gasteiger partial charge in [-0.15, -0.1) is 0 Å². The van der Waals surface area contributed by atoms with Crippen molar-refractivity contribution in [3.63, 3.8) is 0 Å². The van der Waals surface area contributed by atoms with Crippen LogP contribution in [0.2, 0.25) is 0 Å². The molecular formula is C15H13BrO2. The number of hydrogen-bond acceptors (Lipinski definition) is 1. The molecule has 0 saturated carbocycles. The fourth-order valence-corrected chi connectivity index (χ4v) is 2.50. The van der Waals surface area contributed by atoms with Crippen molar-refractivity contribution in [2.75, 3.05) is 0 Å². The number of carboxylic acids is 1. The second-order valence-corrected chi connectivity index (χ2v) is 5.19. The van der Waals surface area contributed by atoms with E-state index >= 15 is 0 Å². The predicted molar refractivity (Wildman–Crippen MR) is 75.2 cm³/mol. The fraction of sp³-hybridized carbons (Fsp3) is 0.133. The first-order chi connectivity index (χ1) is 8.66. The first-order valence-electron chi connectivity index (χ1n) is 5.68. The van der Waals surface area contributed by atoms with Gasteiger partial charge in [-0.1, -0.05) is 58.4 Å². The Balaban J connectivity index is 2.14. The normalized spacial score (nSPS) is 12.1. The fourth-order valence-electron chi connectivity index (χ4n) is 1.82. The summed E-state index contributed by atoms with van der Waals surface area (Å²) in [5.41, 5.74) is 2.54. The van der Waals surface area contributed by atoms with Crippen LogP contribution in [-0.4, -0.2) is 11.1 Å². The Morgan fingerprint density at radius 3 is 2.50 bits per heavy atom. The van der Waals surface area contributed by atoms with Gasteiger partial charge in [0.1, 0.15) is 0 Å². The number of alkyl halides is 1. The maximum absolute atomic E-state index is 10.9. The molecule has 18 heavy (non-hydrogen) atoms. The molecule has 0 heterocycles. The lowest BCUT2D eigenvalue weighted by Gasteiger charge is -2.10. The summed E-state index contributed by atoms with van der Waals surface area (Å²) >= 11 is 3.64. The number of halogens is 1. The highest BCUT2D eigenvalue weighted by atomic mass is 79.9. The molecule has 0 amide bonds. The summed E-state index contributed by atoms with van der Waals surface area (Å²) in [4.78, 5) is 11.1. The molecule has 1 N–H and O–H groups in total. The van der Waals surface area contributed by atoms with E-state index in [1.165, 1.54) is 5.56 Å². The van der Waals surface area contributed by atoms with E-state index in [1.807, 2.05) is 24.3 Å². The van der Waals surface area contributed by atoms with E-state index in [9.17, 15) is 4.79 Å². The second kappa shape index (κ2) is 5.83. The molecule has 0 aromatic heterocycles. The molecule has 0 bridgehead atoms. The molecule has 2 rings (SSSR count). The zero-order valence-corrected chi connectivity index (χ0v) is 11.3. The summed E-state index contributed by atoms with van der Waals surface area (Å²) in [5, 5.41) is 8.95. The third-order valence-electron chi connectivity index (χ3n) is 2.75. The highest BCUT2D eigenvalue weighted by molar-refractivity contribution is 9.09. The maximum atomic E-state index is 10.9. The summed E-state index contributed by atoms with van der Waals surface area (Å²) in [6.45, 7) is 0. The first kappa shape index (κ1) is 12.8. The van der Waals surface area contributed by atoms with Gasteiger partial charge in [0.25, 0.3) is 0 Å². The third-order valence-corrected chi connectivity index (χ3v) is 3.60. The number of carbonyl (C=O) groups is 1. The summed E-state index contributed by atoms with van der Waals surface area (Å²) in [7, 11) is 0. The van der Waals surface area contributed by atoms with E-state index in [0.717, 1.165) is 12.0 Å². The number of hydrogen-bond donors (Lipinski definition) is 1. The van der Waals surface area contributed by atoms with Gasteiger partial charge in [0, 0.05) is 4.83 Å². The monoisotopic (exact) mass is 304 g/mol. The van der Waals surface area contributed by atoms with Crippen LogP contribution in [0, 0.1) is 0 Å². The molecule has 3 heteroatoms. The van der Waals surface area contributed by atoms with Gasteiger partial charge in [0.05, 0.1) is 5.56 Å². The molecule has 0 aliphatic rings. The van der Waals surface area contributed by atoms with E-state index in [-0.39, 0.29) is 4.83 Å².